The Labute approximate surface area is 99.5 Å². The van der Waals surface area contributed by atoms with Gasteiger partial charge in [0.05, 0.1) is 0 Å². The lowest BCUT2D eigenvalue weighted by atomic mass is 10.0. The molecule has 0 unspecified atom stereocenters. The van der Waals surface area contributed by atoms with Gasteiger partial charge in [-0.25, -0.2) is 0 Å². The van der Waals surface area contributed by atoms with Crippen LogP contribution in [0, 0.1) is 20.8 Å². The molecule has 0 nitrogen and oxygen atoms in total. The SMILES string of the molecule is Cc1cc(C)c2c(c1)sc1ccc(C)cc12. The first-order valence-corrected chi connectivity index (χ1v) is 6.37. The molecule has 0 aliphatic carbocycles. The fourth-order valence-corrected chi connectivity index (χ4v) is 3.66. The molecule has 1 aromatic heterocycles. The van der Waals surface area contributed by atoms with Crippen LogP contribution >= 0.6 is 11.3 Å². The highest BCUT2D eigenvalue weighted by Crippen LogP contribution is 2.36. The van der Waals surface area contributed by atoms with Crippen molar-refractivity contribution < 1.29 is 0 Å². The topological polar surface area (TPSA) is 0 Å². The summed E-state index contributed by atoms with van der Waals surface area (Å²) in [6.07, 6.45) is 0. The first-order valence-electron chi connectivity index (χ1n) is 5.55. The smallest absolute Gasteiger partial charge is 0.0360 e. The summed E-state index contributed by atoms with van der Waals surface area (Å²) in [6, 6.07) is 11.3. The second-order valence-electron chi connectivity index (χ2n) is 4.56. The molecule has 80 valence electrons. The molecule has 3 aromatic rings. The van der Waals surface area contributed by atoms with Crippen LogP contribution in [0.4, 0.5) is 0 Å². The molecule has 0 atom stereocenters. The average molecular weight is 226 g/mol. The Kier molecular flexibility index (Phi) is 2.05. The summed E-state index contributed by atoms with van der Waals surface area (Å²) in [5.74, 6) is 0. The molecule has 1 heterocycles. The minimum atomic E-state index is 1.34. The number of fused-ring (bicyclic) bond motifs is 3. The first kappa shape index (κ1) is 9.86. The van der Waals surface area contributed by atoms with Crippen molar-refractivity contribution in [2.45, 2.75) is 20.8 Å². The maximum atomic E-state index is 2.30. The van der Waals surface area contributed by atoms with Crippen LogP contribution in [0.2, 0.25) is 0 Å². The van der Waals surface area contributed by atoms with Crippen LogP contribution in [0.1, 0.15) is 16.7 Å². The molecular formula is C15H14S. The highest BCUT2D eigenvalue weighted by Gasteiger charge is 2.07. The maximum Gasteiger partial charge on any atom is 0.0360 e. The van der Waals surface area contributed by atoms with Gasteiger partial charge in [0.2, 0.25) is 0 Å². The van der Waals surface area contributed by atoms with Crippen molar-refractivity contribution in [3.05, 3.63) is 47.0 Å². The molecule has 0 fully saturated rings. The van der Waals surface area contributed by atoms with E-state index >= 15 is 0 Å². The Morgan fingerprint density at radius 2 is 1.62 bits per heavy atom. The lowest BCUT2D eigenvalue weighted by Crippen LogP contribution is -1.78. The molecule has 0 saturated carbocycles. The van der Waals surface area contributed by atoms with E-state index in [2.05, 4.69) is 51.1 Å². The summed E-state index contributed by atoms with van der Waals surface area (Å²) in [4.78, 5) is 0. The van der Waals surface area contributed by atoms with Gasteiger partial charge in [0.15, 0.2) is 0 Å². The molecule has 2 aromatic carbocycles. The van der Waals surface area contributed by atoms with Crippen molar-refractivity contribution in [3.63, 3.8) is 0 Å². The van der Waals surface area contributed by atoms with Gasteiger partial charge in [-0.1, -0.05) is 17.7 Å². The summed E-state index contributed by atoms with van der Waals surface area (Å²) in [5, 5.41) is 2.85. The van der Waals surface area contributed by atoms with Crippen LogP contribution < -0.4 is 0 Å². The van der Waals surface area contributed by atoms with E-state index in [1.165, 1.54) is 36.9 Å². The number of thiophene rings is 1. The van der Waals surface area contributed by atoms with E-state index in [1.807, 2.05) is 11.3 Å². The van der Waals surface area contributed by atoms with Crippen molar-refractivity contribution in [3.8, 4) is 0 Å². The summed E-state index contributed by atoms with van der Waals surface area (Å²) >= 11 is 1.90. The standard InChI is InChI=1S/C15H14S/c1-9-4-5-13-12(7-9)15-11(3)6-10(2)8-14(15)16-13/h4-8H,1-3H3. The van der Waals surface area contributed by atoms with Gasteiger partial charge in [-0.3, -0.25) is 0 Å². The number of rotatable bonds is 0. The third-order valence-corrected chi connectivity index (χ3v) is 4.19. The molecule has 0 bridgehead atoms. The van der Waals surface area contributed by atoms with Crippen LogP contribution in [0.15, 0.2) is 30.3 Å². The number of hydrogen-bond donors (Lipinski definition) is 0. The molecule has 0 radical (unpaired) electrons. The summed E-state index contributed by atoms with van der Waals surface area (Å²) in [5.41, 5.74) is 4.09. The highest BCUT2D eigenvalue weighted by molar-refractivity contribution is 7.25. The van der Waals surface area contributed by atoms with Crippen molar-refractivity contribution in [2.24, 2.45) is 0 Å². The van der Waals surface area contributed by atoms with Gasteiger partial charge in [-0.15, -0.1) is 11.3 Å². The maximum absolute atomic E-state index is 2.30. The highest BCUT2D eigenvalue weighted by atomic mass is 32.1. The molecule has 0 N–H and O–H groups in total. The summed E-state index contributed by atoms with van der Waals surface area (Å²) in [7, 11) is 0. The van der Waals surface area contributed by atoms with Gasteiger partial charge in [-0.05, 0) is 50.1 Å². The fraction of sp³-hybridized carbons (Fsp3) is 0.200. The molecular weight excluding hydrogens is 212 g/mol. The zero-order chi connectivity index (χ0) is 11.3. The quantitative estimate of drug-likeness (QED) is 0.507. The first-order chi connectivity index (χ1) is 7.65. The van der Waals surface area contributed by atoms with Gasteiger partial charge < -0.3 is 0 Å². The van der Waals surface area contributed by atoms with E-state index in [9.17, 15) is 0 Å². The largest absolute Gasteiger partial charge is 0.135 e. The molecule has 0 aliphatic rings. The number of benzene rings is 2. The predicted octanol–water partition coefficient (Wildman–Crippen LogP) is 4.98. The van der Waals surface area contributed by atoms with E-state index in [0.29, 0.717) is 0 Å². The average Bonchev–Trinajstić information content (AvgIpc) is 2.54. The molecule has 0 aliphatic heterocycles. The van der Waals surface area contributed by atoms with Crippen LogP contribution in [0.3, 0.4) is 0 Å². The normalized spacial score (nSPS) is 11.4. The van der Waals surface area contributed by atoms with E-state index in [4.69, 9.17) is 0 Å². The van der Waals surface area contributed by atoms with Crippen LogP contribution in [0.5, 0.6) is 0 Å². The lowest BCUT2D eigenvalue weighted by molar-refractivity contribution is 1.44. The van der Waals surface area contributed by atoms with Gasteiger partial charge in [0, 0.05) is 20.2 Å². The third kappa shape index (κ3) is 1.35. The van der Waals surface area contributed by atoms with Crippen LogP contribution in [0.25, 0.3) is 20.2 Å². The van der Waals surface area contributed by atoms with Crippen molar-refractivity contribution in [2.75, 3.05) is 0 Å². The third-order valence-electron chi connectivity index (χ3n) is 3.07. The molecule has 0 saturated heterocycles. The van der Waals surface area contributed by atoms with E-state index < -0.39 is 0 Å². The molecule has 3 rings (SSSR count). The van der Waals surface area contributed by atoms with E-state index in [1.54, 1.807) is 0 Å². The van der Waals surface area contributed by atoms with Gasteiger partial charge in [0.25, 0.3) is 0 Å². The Bertz CT molecular complexity index is 689. The zero-order valence-corrected chi connectivity index (χ0v) is 10.6. The second-order valence-corrected chi connectivity index (χ2v) is 5.64. The Morgan fingerprint density at radius 3 is 2.44 bits per heavy atom. The molecule has 16 heavy (non-hydrogen) atoms. The summed E-state index contributed by atoms with van der Waals surface area (Å²) in [6.45, 7) is 6.54. The molecule has 1 heteroatoms. The van der Waals surface area contributed by atoms with Crippen molar-refractivity contribution in [1.82, 2.24) is 0 Å². The lowest BCUT2D eigenvalue weighted by Gasteiger charge is -2.00. The summed E-state index contributed by atoms with van der Waals surface area (Å²) < 4.78 is 2.81. The zero-order valence-electron chi connectivity index (χ0n) is 9.79. The number of aryl methyl sites for hydroxylation is 3. The number of hydrogen-bond acceptors (Lipinski definition) is 1. The van der Waals surface area contributed by atoms with E-state index in [-0.39, 0.29) is 0 Å². The minimum absolute atomic E-state index is 1.34. The Hall–Kier alpha value is -1.34. The minimum Gasteiger partial charge on any atom is -0.135 e. The van der Waals surface area contributed by atoms with Gasteiger partial charge in [0.1, 0.15) is 0 Å². The molecule has 0 spiro atoms. The van der Waals surface area contributed by atoms with E-state index in [0.717, 1.165) is 0 Å². The second kappa shape index (κ2) is 3.33. The predicted molar refractivity (Wildman–Crippen MR) is 73.5 cm³/mol. The van der Waals surface area contributed by atoms with Gasteiger partial charge >= 0.3 is 0 Å². The molecule has 0 amide bonds. The monoisotopic (exact) mass is 226 g/mol. The van der Waals surface area contributed by atoms with Crippen molar-refractivity contribution in [1.29, 1.82) is 0 Å². The van der Waals surface area contributed by atoms with Crippen molar-refractivity contribution >= 4 is 31.5 Å². The Morgan fingerprint density at radius 1 is 0.812 bits per heavy atom. The fourth-order valence-electron chi connectivity index (χ4n) is 2.40. The van der Waals surface area contributed by atoms with Crippen LogP contribution in [-0.2, 0) is 0 Å². The van der Waals surface area contributed by atoms with Crippen LogP contribution in [-0.4, -0.2) is 0 Å². The van der Waals surface area contributed by atoms with Gasteiger partial charge in [-0.2, -0.15) is 0 Å². The Balaban J connectivity index is 2.57.